The van der Waals surface area contributed by atoms with Crippen LogP contribution in [0.4, 0.5) is 0 Å². The van der Waals surface area contributed by atoms with Crippen LogP contribution in [-0.2, 0) is 0 Å². The summed E-state index contributed by atoms with van der Waals surface area (Å²) >= 11 is 7.14. The third kappa shape index (κ3) is 2.38. The highest BCUT2D eigenvalue weighted by Crippen LogP contribution is 2.31. The van der Waals surface area contributed by atoms with Crippen molar-refractivity contribution in [2.45, 2.75) is 18.8 Å². The normalized spacial score (nSPS) is 22.3. The van der Waals surface area contributed by atoms with Gasteiger partial charge < -0.3 is 5.32 Å². The maximum atomic E-state index is 3.62. The molecule has 0 aliphatic carbocycles. The molecule has 1 saturated heterocycles. The molecule has 1 aliphatic heterocycles. The summed E-state index contributed by atoms with van der Waals surface area (Å²) in [5.74, 6) is 0.663. The number of piperidine rings is 1. The zero-order chi connectivity index (χ0) is 9.97. The van der Waals surface area contributed by atoms with Gasteiger partial charge in [0.05, 0.1) is 0 Å². The van der Waals surface area contributed by atoms with Crippen LogP contribution in [0.25, 0.3) is 0 Å². The third-order valence-electron chi connectivity index (χ3n) is 2.69. The Kier molecular flexibility index (Phi) is 3.63. The van der Waals surface area contributed by atoms with E-state index in [-0.39, 0.29) is 0 Å². The molecule has 0 saturated carbocycles. The molecule has 1 aliphatic rings. The molecule has 0 bridgehead atoms. The number of nitrogens with one attached hydrogen (secondary N) is 1. The second-order valence-corrected chi connectivity index (χ2v) is 5.48. The topological polar surface area (TPSA) is 12.0 Å². The van der Waals surface area contributed by atoms with Crippen LogP contribution < -0.4 is 5.32 Å². The van der Waals surface area contributed by atoms with Crippen molar-refractivity contribution in [1.82, 2.24) is 5.32 Å². The lowest BCUT2D eigenvalue weighted by Crippen LogP contribution is -2.28. The second-order valence-electron chi connectivity index (χ2n) is 3.71. The van der Waals surface area contributed by atoms with Gasteiger partial charge in [0.2, 0.25) is 0 Å². The lowest BCUT2D eigenvalue weighted by Gasteiger charge is -2.24. The van der Waals surface area contributed by atoms with Crippen LogP contribution in [0.1, 0.15) is 24.3 Å². The molecule has 0 aromatic heterocycles. The Balaban J connectivity index is 2.24. The fraction of sp³-hybridized carbons (Fsp3) is 0.455. The van der Waals surface area contributed by atoms with Gasteiger partial charge in [0.25, 0.3) is 0 Å². The van der Waals surface area contributed by atoms with Gasteiger partial charge in [0.1, 0.15) is 0 Å². The van der Waals surface area contributed by atoms with Crippen LogP contribution in [-0.4, -0.2) is 13.1 Å². The summed E-state index contributed by atoms with van der Waals surface area (Å²) in [6.07, 6.45) is 2.58. The van der Waals surface area contributed by atoms with Crippen LogP contribution in [0.15, 0.2) is 27.1 Å². The van der Waals surface area contributed by atoms with E-state index in [2.05, 4.69) is 55.4 Å². The molecular weight excluding hydrogens is 306 g/mol. The van der Waals surface area contributed by atoms with Gasteiger partial charge in [-0.15, -0.1) is 0 Å². The summed E-state index contributed by atoms with van der Waals surface area (Å²) < 4.78 is 2.40. The highest BCUT2D eigenvalue weighted by molar-refractivity contribution is 9.11. The molecule has 1 fully saturated rings. The van der Waals surface area contributed by atoms with Gasteiger partial charge in [-0.2, -0.15) is 0 Å². The molecular formula is C11H13Br2N. The first-order valence-corrected chi connectivity index (χ1v) is 6.51. The maximum absolute atomic E-state index is 3.62. The zero-order valence-electron chi connectivity index (χ0n) is 7.89. The van der Waals surface area contributed by atoms with E-state index < -0.39 is 0 Å². The van der Waals surface area contributed by atoms with Gasteiger partial charge in [0, 0.05) is 15.5 Å². The van der Waals surface area contributed by atoms with Gasteiger partial charge in [0.15, 0.2) is 0 Å². The molecule has 0 spiro atoms. The largest absolute Gasteiger partial charge is 0.316 e. The molecule has 1 aromatic carbocycles. The van der Waals surface area contributed by atoms with Crippen molar-refractivity contribution in [2.24, 2.45) is 0 Å². The first-order valence-electron chi connectivity index (χ1n) is 4.93. The highest BCUT2D eigenvalue weighted by atomic mass is 79.9. The average Bonchev–Trinajstić information content (AvgIpc) is 2.23. The molecule has 2 rings (SSSR count). The molecule has 3 heteroatoms. The number of halogens is 2. The van der Waals surface area contributed by atoms with Crippen LogP contribution >= 0.6 is 31.9 Å². The van der Waals surface area contributed by atoms with E-state index in [1.54, 1.807) is 0 Å². The molecule has 1 N–H and O–H groups in total. The van der Waals surface area contributed by atoms with Crippen LogP contribution in [0.2, 0.25) is 0 Å². The first-order chi connectivity index (χ1) is 6.77. The second kappa shape index (κ2) is 4.77. The smallest absolute Gasteiger partial charge is 0.0211 e. The highest BCUT2D eigenvalue weighted by Gasteiger charge is 2.17. The Labute approximate surface area is 102 Å². The molecule has 14 heavy (non-hydrogen) atoms. The summed E-state index contributed by atoms with van der Waals surface area (Å²) in [4.78, 5) is 0. The summed E-state index contributed by atoms with van der Waals surface area (Å²) in [7, 11) is 0. The van der Waals surface area contributed by atoms with Crippen molar-refractivity contribution in [3.63, 3.8) is 0 Å². The van der Waals surface area contributed by atoms with Gasteiger partial charge in [-0.05, 0) is 49.1 Å². The minimum absolute atomic E-state index is 0.663. The van der Waals surface area contributed by atoms with E-state index in [9.17, 15) is 0 Å². The fourth-order valence-corrected chi connectivity index (χ4v) is 2.89. The van der Waals surface area contributed by atoms with Crippen molar-refractivity contribution < 1.29 is 0 Å². The molecule has 1 heterocycles. The van der Waals surface area contributed by atoms with Crippen molar-refractivity contribution in [2.75, 3.05) is 13.1 Å². The Hall–Kier alpha value is 0.140. The van der Waals surface area contributed by atoms with E-state index in [1.165, 1.54) is 33.9 Å². The van der Waals surface area contributed by atoms with Crippen LogP contribution in [0.3, 0.4) is 0 Å². The predicted octanol–water partition coefficient (Wildman–Crippen LogP) is 3.68. The average molecular weight is 319 g/mol. The lowest BCUT2D eigenvalue weighted by molar-refractivity contribution is 0.460. The molecule has 1 unspecified atom stereocenters. The standard InChI is InChI=1S/C11H13Br2N/c12-9-3-4-11(13)10(6-9)8-2-1-5-14-7-8/h3-4,6,8,14H,1-2,5,7H2. The van der Waals surface area contributed by atoms with Crippen molar-refractivity contribution in [3.05, 3.63) is 32.7 Å². The fourth-order valence-electron chi connectivity index (χ4n) is 1.94. The first kappa shape index (κ1) is 10.7. The van der Waals surface area contributed by atoms with E-state index >= 15 is 0 Å². The third-order valence-corrected chi connectivity index (χ3v) is 3.91. The number of benzene rings is 1. The van der Waals surface area contributed by atoms with Gasteiger partial charge in [-0.3, -0.25) is 0 Å². The van der Waals surface area contributed by atoms with E-state index in [0.29, 0.717) is 5.92 Å². The van der Waals surface area contributed by atoms with Crippen LogP contribution in [0, 0.1) is 0 Å². The quantitative estimate of drug-likeness (QED) is 0.833. The van der Waals surface area contributed by atoms with Gasteiger partial charge in [-0.25, -0.2) is 0 Å². The molecule has 0 amide bonds. The van der Waals surface area contributed by atoms with Gasteiger partial charge >= 0.3 is 0 Å². The number of hydrogen-bond acceptors (Lipinski definition) is 1. The van der Waals surface area contributed by atoms with Crippen molar-refractivity contribution in [3.8, 4) is 0 Å². The Morgan fingerprint density at radius 3 is 2.86 bits per heavy atom. The van der Waals surface area contributed by atoms with Crippen molar-refractivity contribution >= 4 is 31.9 Å². The molecule has 0 radical (unpaired) electrons. The SMILES string of the molecule is Brc1ccc(Br)c(C2CCCNC2)c1. The van der Waals surface area contributed by atoms with Crippen LogP contribution in [0.5, 0.6) is 0 Å². The van der Waals surface area contributed by atoms with E-state index in [0.717, 1.165) is 6.54 Å². The molecule has 1 atom stereocenters. The summed E-state index contributed by atoms with van der Waals surface area (Å²) in [5, 5.41) is 3.44. The molecule has 1 nitrogen and oxygen atoms in total. The molecule has 1 aromatic rings. The van der Waals surface area contributed by atoms with E-state index in [1.807, 2.05) is 0 Å². The Morgan fingerprint density at radius 1 is 1.29 bits per heavy atom. The minimum atomic E-state index is 0.663. The summed E-state index contributed by atoms with van der Waals surface area (Å²) in [5.41, 5.74) is 1.42. The maximum Gasteiger partial charge on any atom is 0.0211 e. The zero-order valence-corrected chi connectivity index (χ0v) is 11.1. The number of hydrogen-bond donors (Lipinski definition) is 1. The van der Waals surface area contributed by atoms with E-state index in [4.69, 9.17) is 0 Å². The lowest BCUT2D eigenvalue weighted by atomic mass is 9.92. The minimum Gasteiger partial charge on any atom is -0.316 e. The Morgan fingerprint density at radius 2 is 2.14 bits per heavy atom. The predicted molar refractivity (Wildman–Crippen MR) is 66.7 cm³/mol. The summed E-state index contributed by atoms with van der Waals surface area (Å²) in [6.45, 7) is 2.27. The summed E-state index contributed by atoms with van der Waals surface area (Å²) in [6, 6.07) is 6.42. The monoisotopic (exact) mass is 317 g/mol. The Bertz CT molecular complexity index is 319. The van der Waals surface area contributed by atoms with Gasteiger partial charge in [-0.1, -0.05) is 31.9 Å². The number of rotatable bonds is 1. The molecule has 76 valence electrons. The van der Waals surface area contributed by atoms with Crippen molar-refractivity contribution in [1.29, 1.82) is 0 Å².